The van der Waals surface area contributed by atoms with Crippen LogP contribution in [0.2, 0.25) is 0 Å². The van der Waals surface area contributed by atoms with Crippen molar-refractivity contribution in [2.75, 3.05) is 5.73 Å². The lowest BCUT2D eigenvalue weighted by molar-refractivity contribution is 0.190. The second kappa shape index (κ2) is 6.52. The molecule has 0 aromatic heterocycles. The van der Waals surface area contributed by atoms with Gasteiger partial charge in [0, 0.05) is 11.2 Å². The van der Waals surface area contributed by atoms with E-state index in [9.17, 15) is 4.79 Å². The van der Waals surface area contributed by atoms with Crippen LogP contribution in [-0.2, 0) is 6.42 Å². The molecule has 0 unspecified atom stereocenters. The topological polar surface area (TPSA) is 64.3 Å². The first kappa shape index (κ1) is 15.9. The number of carbonyl (C=O) groups is 1. The van der Waals surface area contributed by atoms with Crippen molar-refractivity contribution in [3.63, 3.8) is 0 Å². The van der Waals surface area contributed by atoms with E-state index in [0.29, 0.717) is 5.75 Å². The van der Waals surface area contributed by atoms with E-state index in [1.807, 2.05) is 57.2 Å². The number of nitrogens with two attached hydrogens (primary N) is 1. The summed E-state index contributed by atoms with van der Waals surface area (Å²) < 4.78 is 5.24. The first-order valence-electron chi connectivity index (χ1n) is 7.25. The average Bonchev–Trinajstić information content (AvgIpc) is 2.41. The molecule has 0 aliphatic rings. The van der Waals surface area contributed by atoms with E-state index in [1.54, 1.807) is 12.1 Å². The largest absolute Gasteiger partial charge is 0.413 e. The average molecular weight is 298 g/mol. The van der Waals surface area contributed by atoms with Gasteiger partial charge in [-0.2, -0.15) is 0 Å². The minimum absolute atomic E-state index is 0.313. The Morgan fingerprint density at radius 1 is 1.00 bits per heavy atom. The molecule has 22 heavy (non-hydrogen) atoms. The Morgan fingerprint density at radius 3 is 2.00 bits per heavy atom. The van der Waals surface area contributed by atoms with Crippen molar-refractivity contribution in [2.24, 2.45) is 0 Å². The molecule has 3 N–H and O–H groups in total. The normalized spacial score (nSPS) is 11.0. The van der Waals surface area contributed by atoms with Crippen molar-refractivity contribution in [1.82, 2.24) is 5.32 Å². The van der Waals surface area contributed by atoms with Crippen LogP contribution in [0.3, 0.4) is 0 Å². The lowest BCUT2D eigenvalue weighted by Gasteiger charge is -2.19. The Morgan fingerprint density at radius 2 is 1.50 bits per heavy atom. The third-order valence-electron chi connectivity index (χ3n) is 3.00. The van der Waals surface area contributed by atoms with Gasteiger partial charge in [0.1, 0.15) is 5.75 Å². The standard InChI is InChI=1S/C18H22N2O2/c1-18(2,3)20-17(21)22-16-10-6-14(7-11-16)12-13-4-8-15(19)9-5-13/h4-11H,12,19H2,1-3H3,(H,20,21). The molecule has 4 heteroatoms. The molecule has 0 fully saturated rings. The number of benzene rings is 2. The maximum absolute atomic E-state index is 11.7. The van der Waals surface area contributed by atoms with Crippen molar-refractivity contribution in [3.05, 3.63) is 59.7 Å². The van der Waals surface area contributed by atoms with E-state index in [4.69, 9.17) is 10.5 Å². The summed E-state index contributed by atoms with van der Waals surface area (Å²) in [5.41, 5.74) is 8.46. The minimum atomic E-state index is -0.446. The summed E-state index contributed by atoms with van der Waals surface area (Å²) in [6, 6.07) is 15.3. The highest BCUT2D eigenvalue weighted by Crippen LogP contribution is 2.16. The molecule has 4 nitrogen and oxygen atoms in total. The zero-order chi connectivity index (χ0) is 16.2. The van der Waals surface area contributed by atoms with Crippen molar-refractivity contribution >= 4 is 11.8 Å². The summed E-state index contributed by atoms with van der Waals surface area (Å²) >= 11 is 0. The van der Waals surface area contributed by atoms with Gasteiger partial charge in [0.05, 0.1) is 0 Å². The van der Waals surface area contributed by atoms with Gasteiger partial charge in [0.2, 0.25) is 0 Å². The molecule has 0 aliphatic carbocycles. The molecule has 0 aliphatic heterocycles. The van der Waals surface area contributed by atoms with Gasteiger partial charge in [-0.3, -0.25) is 0 Å². The number of ether oxygens (including phenoxy) is 1. The van der Waals surface area contributed by atoms with E-state index < -0.39 is 6.09 Å². The molecule has 1 amide bonds. The highest BCUT2D eigenvalue weighted by Gasteiger charge is 2.15. The number of nitrogen functional groups attached to an aromatic ring is 1. The fraction of sp³-hybridized carbons (Fsp3) is 0.278. The summed E-state index contributed by atoms with van der Waals surface area (Å²) in [7, 11) is 0. The lowest BCUT2D eigenvalue weighted by atomic mass is 10.0. The molecule has 2 aromatic carbocycles. The van der Waals surface area contributed by atoms with Crippen LogP contribution in [0.5, 0.6) is 5.75 Å². The van der Waals surface area contributed by atoms with Gasteiger partial charge in [-0.05, 0) is 62.6 Å². The monoisotopic (exact) mass is 298 g/mol. The maximum atomic E-state index is 11.7. The predicted octanol–water partition coefficient (Wildman–Crippen LogP) is 3.75. The van der Waals surface area contributed by atoms with Crippen LogP contribution in [0.4, 0.5) is 10.5 Å². The lowest BCUT2D eigenvalue weighted by Crippen LogP contribution is -2.42. The molecule has 2 aromatic rings. The molecule has 0 saturated carbocycles. The predicted molar refractivity (Wildman–Crippen MR) is 89.0 cm³/mol. The van der Waals surface area contributed by atoms with Crippen LogP contribution in [-0.4, -0.2) is 11.6 Å². The summed E-state index contributed by atoms with van der Waals surface area (Å²) in [4.78, 5) is 11.7. The van der Waals surface area contributed by atoms with Crippen LogP contribution in [0.25, 0.3) is 0 Å². The number of hydrogen-bond donors (Lipinski definition) is 2. The summed E-state index contributed by atoms with van der Waals surface area (Å²) in [6.07, 6.45) is 0.369. The highest BCUT2D eigenvalue weighted by molar-refractivity contribution is 5.71. The summed E-state index contributed by atoms with van der Waals surface area (Å²) in [5, 5.41) is 2.75. The van der Waals surface area contributed by atoms with Gasteiger partial charge in [-0.15, -0.1) is 0 Å². The van der Waals surface area contributed by atoms with Crippen molar-refractivity contribution < 1.29 is 9.53 Å². The highest BCUT2D eigenvalue weighted by atomic mass is 16.6. The van der Waals surface area contributed by atoms with Crippen LogP contribution < -0.4 is 15.8 Å². The van der Waals surface area contributed by atoms with E-state index in [2.05, 4.69) is 5.32 Å². The number of amides is 1. The van der Waals surface area contributed by atoms with E-state index in [-0.39, 0.29) is 5.54 Å². The molecule has 0 atom stereocenters. The van der Waals surface area contributed by atoms with Gasteiger partial charge < -0.3 is 15.8 Å². The number of nitrogens with one attached hydrogen (secondary N) is 1. The fourth-order valence-electron chi connectivity index (χ4n) is 1.99. The third kappa shape index (κ3) is 5.13. The van der Waals surface area contributed by atoms with Crippen LogP contribution in [0.1, 0.15) is 31.9 Å². The summed E-state index contributed by atoms with van der Waals surface area (Å²) in [6.45, 7) is 5.72. The van der Waals surface area contributed by atoms with Crippen LogP contribution in [0.15, 0.2) is 48.5 Å². The van der Waals surface area contributed by atoms with Crippen molar-refractivity contribution in [2.45, 2.75) is 32.7 Å². The van der Waals surface area contributed by atoms with Crippen LogP contribution in [0, 0.1) is 0 Å². The minimum Gasteiger partial charge on any atom is -0.410 e. The van der Waals surface area contributed by atoms with Gasteiger partial charge >= 0.3 is 6.09 Å². The zero-order valence-electron chi connectivity index (χ0n) is 13.2. The summed E-state index contributed by atoms with van der Waals surface area (Å²) in [5.74, 6) is 0.530. The van der Waals surface area contributed by atoms with E-state index in [1.165, 1.54) is 5.56 Å². The van der Waals surface area contributed by atoms with Crippen molar-refractivity contribution in [1.29, 1.82) is 0 Å². The second-order valence-electron chi connectivity index (χ2n) is 6.33. The molecule has 0 spiro atoms. The van der Waals surface area contributed by atoms with Gasteiger partial charge in [0.25, 0.3) is 0 Å². The Balaban J connectivity index is 1.95. The Kier molecular flexibility index (Phi) is 4.71. The quantitative estimate of drug-likeness (QED) is 0.848. The molecular weight excluding hydrogens is 276 g/mol. The maximum Gasteiger partial charge on any atom is 0.413 e. The zero-order valence-corrected chi connectivity index (χ0v) is 13.2. The fourth-order valence-corrected chi connectivity index (χ4v) is 1.99. The van der Waals surface area contributed by atoms with Crippen molar-refractivity contribution in [3.8, 4) is 5.75 Å². The SMILES string of the molecule is CC(C)(C)NC(=O)Oc1ccc(Cc2ccc(N)cc2)cc1. The molecule has 0 saturated heterocycles. The van der Waals surface area contributed by atoms with Crippen LogP contribution >= 0.6 is 0 Å². The third-order valence-corrected chi connectivity index (χ3v) is 3.00. The second-order valence-corrected chi connectivity index (χ2v) is 6.33. The van der Waals surface area contributed by atoms with E-state index in [0.717, 1.165) is 17.7 Å². The smallest absolute Gasteiger partial charge is 0.410 e. The Hall–Kier alpha value is -2.49. The number of rotatable bonds is 3. The molecule has 0 heterocycles. The molecule has 2 rings (SSSR count). The van der Waals surface area contributed by atoms with Gasteiger partial charge in [0.15, 0.2) is 0 Å². The molecule has 116 valence electrons. The first-order valence-corrected chi connectivity index (χ1v) is 7.25. The first-order chi connectivity index (χ1) is 10.3. The molecule has 0 bridgehead atoms. The van der Waals surface area contributed by atoms with Gasteiger partial charge in [-0.1, -0.05) is 24.3 Å². The van der Waals surface area contributed by atoms with E-state index >= 15 is 0 Å². The number of carbonyl (C=O) groups excluding carboxylic acids is 1. The number of hydrogen-bond acceptors (Lipinski definition) is 3. The molecule has 0 radical (unpaired) electrons. The Bertz CT molecular complexity index is 626. The Labute approximate surface area is 131 Å². The number of anilines is 1. The molecular formula is C18H22N2O2. The van der Waals surface area contributed by atoms with Gasteiger partial charge in [-0.25, -0.2) is 4.79 Å².